The second-order valence-corrected chi connectivity index (χ2v) is 23.5. The van der Waals surface area contributed by atoms with Crippen LogP contribution in [0.5, 0.6) is 0 Å². The van der Waals surface area contributed by atoms with Crippen LogP contribution in [-0.4, -0.2) is 307 Å². The Balaban J connectivity index is 0.0000184. The second-order valence-electron chi connectivity index (χ2n) is 23.5. The number of hydrogen-bond donors (Lipinski definition) is 12. The van der Waals surface area contributed by atoms with Crippen molar-refractivity contribution in [2.45, 2.75) is 114 Å². The van der Waals surface area contributed by atoms with E-state index in [-0.39, 0.29) is 128 Å². The minimum absolute atomic E-state index is 0. The van der Waals surface area contributed by atoms with Crippen molar-refractivity contribution in [1.29, 1.82) is 0 Å². The third-order valence-corrected chi connectivity index (χ3v) is 16.3. The predicted molar refractivity (Wildman–Crippen MR) is 333 cm³/mol. The maximum Gasteiger partial charge on any atom is 0.326 e. The zero-order chi connectivity index (χ0) is 67.0. The molecule has 3 fully saturated rings. The Morgan fingerprint density at radius 2 is 0.892 bits per heavy atom. The standard InChI is InChI=1S/C59H93N15O18.Lu/c75-47(60-19-9-8-11-45(54(88)89)62-59(92)63-46(55(90)91)17-18-48(76)77)12-7-5-3-1-2-4-6-10-20-67-25-30-72(31-26-67)57-64-56(65-58(66-57)73-32-27-70(28-33-73)39-51(82)83)61-43-15-13-42(14-16-43)35-44-36-71(40-52(84)85)24-23-68(37-49(78)79)21-22-69(38-50(80)81)29-34-74(44)41-53(86)87;/h13-16,44-46H,1-12,17-41H2,(H,60,75)(H,76,77)(H,78,79)(H,80,81)(H,82,83)(H,84,85)(H,86,87)(H,88,89)(H,90,91)(H2,62,63,92)(H,61,64,65,66);/t44?,45-,46-;/m0./s1. The molecular formula is C59H93LuN15O18. The Morgan fingerprint density at radius 3 is 1.39 bits per heavy atom. The van der Waals surface area contributed by atoms with E-state index in [1.165, 1.54) is 0 Å². The minimum atomic E-state index is -1.50. The number of carboxylic acid groups (broad SMARTS) is 8. The van der Waals surface area contributed by atoms with Gasteiger partial charge in [0.2, 0.25) is 23.8 Å². The van der Waals surface area contributed by atoms with Crippen LogP contribution < -0.4 is 31.1 Å². The number of anilines is 4. The van der Waals surface area contributed by atoms with E-state index in [1.807, 2.05) is 34.1 Å². The number of rotatable bonds is 39. The number of hydrogen-bond acceptors (Lipinski definition) is 22. The maximum atomic E-state index is 12.4. The van der Waals surface area contributed by atoms with Crippen molar-refractivity contribution in [2.24, 2.45) is 0 Å². The molecule has 3 atom stereocenters. The topological polar surface area (TPSA) is 445 Å². The van der Waals surface area contributed by atoms with Gasteiger partial charge in [0.05, 0.1) is 32.7 Å². The molecule has 1 aromatic carbocycles. The molecule has 0 spiro atoms. The Hall–Kier alpha value is -6.88. The van der Waals surface area contributed by atoms with Crippen molar-refractivity contribution in [3.05, 3.63) is 29.8 Å². The molecule has 2 aromatic rings. The van der Waals surface area contributed by atoms with Crippen LogP contribution in [0.2, 0.25) is 0 Å². The van der Waals surface area contributed by atoms with E-state index >= 15 is 0 Å². The quantitative estimate of drug-likeness (QED) is 0.0400. The molecule has 527 valence electrons. The number of nitrogens with zero attached hydrogens (tertiary/aromatic N) is 11. The molecule has 34 heteroatoms. The smallest absolute Gasteiger partial charge is 0.326 e. The van der Waals surface area contributed by atoms with Gasteiger partial charge in [0, 0.05) is 166 Å². The second kappa shape index (κ2) is 42.5. The van der Waals surface area contributed by atoms with Crippen LogP contribution in [-0.2, 0) is 49.6 Å². The van der Waals surface area contributed by atoms with Gasteiger partial charge in [-0.05, 0) is 69.2 Å². The van der Waals surface area contributed by atoms with Gasteiger partial charge >= 0.3 is 53.8 Å². The van der Waals surface area contributed by atoms with Gasteiger partial charge in [-0.15, -0.1) is 0 Å². The minimum Gasteiger partial charge on any atom is -0.481 e. The maximum absolute atomic E-state index is 12.4. The van der Waals surface area contributed by atoms with Crippen LogP contribution in [0.15, 0.2) is 24.3 Å². The number of urea groups is 1. The number of nitrogens with one attached hydrogen (secondary N) is 4. The van der Waals surface area contributed by atoms with Gasteiger partial charge in [0.1, 0.15) is 12.1 Å². The summed E-state index contributed by atoms with van der Waals surface area (Å²) >= 11 is 0. The molecule has 3 aliphatic heterocycles. The average Bonchev–Trinajstić information content (AvgIpc) is 1.13. The van der Waals surface area contributed by atoms with Gasteiger partial charge in [0.15, 0.2) is 0 Å². The van der Waals surface area contributed by atoms with Crippen LogP contribution in [0.3, 0.4) is 0 Å². The molecule has 93 heavy (non-hydrogen) atoms. The molecule has 3 aliphatic rings. The van der Waals surface area contributed by atoms with Crippen LogP contribution in [0.1, 0.15) is 95.5 Å². The van der Waals surface area contributed by atoms with Crippen molar-refractivity contribution in [2.75, 3.05) is 159 Å². The number of carbonyl (C=O) groups excluding carboxylic acids is 2. The summed E-state index contributed by atoms with van der Waals surface area (Å²) in [6.45, 7) is 5.92. The summed E-state index contributed by atoms with van der Waals surface area (Å²) in [4.78, 5) is 148. The summed E-state index contributed by atoms with van der Waals surface area (Å²) in [5, 5.41) is 86.7. The molecule has 0 bridgehead atoms. The first-order valence-electron chi connectivity index (χ1n) is 31.6. The fraction of sp³-hybridized carbons (Fsp3) is 0.678. The normalized spacial score (nSPS) is 17.5. The largest absolute Gasteiger partial charge is 0.481 e. The Morgan fingerprint density at radius 1 is 0.452 bits per heavy atom. The van der Waals surface area contributed by atoms with E-state index in [9.17, 15) is 83.7 Å². The molecule has 0 saturated carbocycles. The SMILES string of the molecule is O=C(O)CC[C@H](NC(=O)N[C@@H](CCCCNC(=O)CCCCCCCCCCN1CCN(c2nc(Nc3ccc(CC4CN(CC(=O)O)CCN(CC(=O)O)CCN(CC(=O)O)CCN4CC(=O)O)cc3)nc(N3CCN(CC(=O)O)CC3)n2)CC1)C(=O)O)C(=O)O.[Lu]. The van der Waals surface area contributed by atoms with Crippen LogP contribution in [0, 0.1) is 36.9 Å². The number of amides is 3. The molecule has 33 nitrogen and oxygen atoms in total. The number of aromatic nitrogens is 3. The third-order valence-electron chi connectivity index (χ3n) is 16.3. The molecule has 0 aliphatic carbocycles. The van der Waals surface area contributed by atoms with E-state index < -0.39 is 84.9 Å². The summed E-state index contributed by atoms with van der Waals surface area (Å²) in [7, 11) is 0. The Labute approximate surface area is 569 Å². The number of aliphatic carboxylic acids is 8. The van der Waals surface area contributed by atoms with E-state index in [0.29, 0.717) is 95.0 Å². The Kier molecular flexibility index (Phi) is 35.9. The molecular weight excluding hydrogens is 1380 g/mol. The van der Waals surface area contributed by atoms with Crippen molar-refractivity contribution in [1.82, 2.24) is 60.3 Å². The number of benzene rings is 1. The van der Waals surface area contributed by atoms with Crippen molar-refractivity contribution in [3.63, 3.8) is 0 Å². The number of unbranched alkanes of at least 4 members (excludes halogenated alkanes) is 8. The van der Waals surface area contributed by atoms with E-state index in [1.54, 1.807) is 19.6 Å². The molecule has 5 rings (SSSR count). The summed E-state index contributed by atoms with van der Waals surface area (Å²) in [5.41, 5.74) is 1.44. The molecule has 1 aromatic heterocycles. The van der Waals surface area contributed by atoms with Gasteiger partial charge in [-0.3, -0.25) is 63.0 Å². The molecule has 3 saturated heterocycles. The number of piperazine rings is 2. The van der Waals surface area contributed by atoms with Gasteiger partial charge < -0.3 is 71.9 Å². The molecule has 1 unspecified atom stereocenters. The fourth-order valence-corrected chi connectivity index (χ4v) is 11.3. The summed E-state index contributed by atoms with van der Waals surface area (Å²) in [5.74, 6) is -8.14. The molecule has 1 radical (unpaired) electrons. The predicted octanol–water partition coefficient (Wildman–Crippen LogP) is 0.283. The average molecular weight is 1480 g/mol. The first-order valence-corrected chi connectivity index (χ1v) is 31.6. The first kappa shape index (κ1) is 78.6. The molecule has 4 heterocycles. The number of carbonyl (C=O) groups is 10. The Bertz CT molecular complexity index is 2730. The van der Waals surface area contributed by atoms with Gasteiger partial charge in [-0.1, -0.05) is 50.7 Å². The van der Waals surface area contributed by atoms with Crippen molar-refractivity contribution in [3.8, 4) is 0 Å². The zero-order valence-electron chi connectivity index (χ0n) is 52.5. The summed E-state index contributed by atoms with van der Waals surface area (Å²) in [6, 6.07) is 3.03. The van der Waals surface area contributed by atoms with Gasteiger partial charge in [-0.2, -0.15) is 15.0 Å². The van der Waals surface area contributed by atoms with Crippen molar-refractivity contribution < 1.29 is 126 Å². The first-order chi connectivity index (χ1) is 44.0. The van der Waals surface area contributed by atoms with Gasteiger partial charge in [-0.25, -0.2) is 14.4 Å². The monoisotopic (exact) mass is 1470 g/mol. The summed E-state index contributed by atoms with van der Waals surface area (Å²) in [6.07, 6.45) is 8.74. The molecule has 12 N–H and O–H groups in total. The fourth-order valence-electron chi connectivity index (χ4n) is 11.3. The number of carboxylic acids is 8. The van der Waals surface area contributed by atoms with Crippen LogP contribution in [0.4, 0.5) is 28.3 Å². The van der Waals surface area contributed by atoms with Crippen LogP contribution >= 0.6 is 0 Å². The summed E-state index contributed by atoms with van der Waals surface area (Å²) < 4.78 is 0. The molecule has 3 amide bonds. The van der Waals surface area contributed by atoms with E-state index in [2.05, 4.69) is 31.1 Å². The van der Waals surface area contributed by atoms with E-state index in [0.717, 1.165) is 76.6 Å². The van der Waals surface area contributed by atoms with Crippen molar-refractivity contribution >= 4 is 83.2 Å². The van der Waals surface area contributed by atoms with Gasteiger partial charge in [0.25, 0.3) is 0 Å². The van der Waals surface area contributed by atoms with E-state index in [4.69, 9.17) is 20.1 Å². The zero-order valence-corrected chi connectivity index (χ0v) is 54.2. The third kappa shape index (κ3) is 31.7. The van der Waals surface area contributed by atoms with Crippen LogP contribution in [0.25, 0.3) is 0 Å².